The largest absolute Gasteiger partial charge is 0.452 e. The molecule has 1 heterocycles. The van der Waals surface area contributed by atoms with Gasteiger partial charge < -0.3 is 14.5 Å². The third kappa shape index (κ3) is 4.40. The van der Waals surface area contributed by atoms with Crippen molar-refractivity contribution in [2.45, 2.75) is 26.0 Å². The number of fused-ring (bicyclic) bond motifs is 1. The summed E-state index contributed by atoms with van der Waals surface area (Å²) in [6.07, 6.45) is -1.23. The van der Waals surface area contributed by atoms with Gasteiger partial charge >= 0.3 is 11.7 Å². The quantitative estimate of drug-likeness (QED) is 0.634. The molecule has 0 saturated heterocycles. The number of ether oxygens (including phenoxy) is 1. The second-order valence-electron chi connectivity index (χ2n) is 5.98. The van der Waals surface area contributed by atoms with Gasteiger partial charge in [-0.3, -0.25) is 14.2 Å². The average Bonchev–Trinajstić information content (AvgIpc) is 2.97. The zero-order valence-electron chi connectivity index (χ0n) is 14.8. The molecule has 0 radical (unpaired) electrons. The van der Waals surface area contributed by atoms with Crippen molar-refractivity contribution in [3.05, 3.63) is 63.9 Å². The number of oxazole rings is 1. The Balaban J connectivity index is 1.57. The summed E-state index contributed by atoms with van der Waals surface area (Å²) in [5.41, 5.74) is 1.19. The van der Waals surface area contributed by atoms with E-state index >= 15 is 0 Å². The molecule has 3 rings (SSSR count). The van der Waals surface area contributed by atoms with Crippen LogP contribution in [0.15, 0.2) is 51.7 Å². The summed E-state index contributed by atoms with van der Waals surface area (Å²) in [6, 6.07) is 10.3. The lowest BCUT2D eigenvalue weighted by Crippen LogP contribution is -2.30. The van der Waals surface area contributed by atoms with E-state index in [-0.39, 0.29) is 23.7 Å². The number of hydrogen-bond donors (Lipinski definition) is 1. The van der Waals surface area contributed by atoms with E-state index in [1.807, 2.05) is 0 Å². The van der Waals surface area contributed by atoms with Crippen LogP contribution in [0, 0.1) is 5.82 Å². The van der Waals surface area contributed by atoms with Crippen molar-refractivity contribution in [2.75, 3.05) is 5.32 Å². The van der Waals surface area contributed by atoms with Gasteiger partial charge in [0.1, 0.15) is 5.82 Å². The number of anilines is 1. The molecule has 0 aliphatic heterocycles. The molecule has 0 saturated carbocycles. The number of rotatable bonds is 6. The number of hydrogen-bond acceptors (Lipinski definition) is 5. The number of aryl methyl sites for hydroxylation is 1. The molecule has 1 atom stereocenters. The van der Waals surface area contributed by atoms with Crippen LogP contribution in [0.4, 0.5) is 10.1 Å². The summed E-state index contributed by atoms with van der Waals surface area (Å²) in [5.74, 6) is -2.40. The number of carbonyl (C=O) groups is 2. The molecule has 1 aromatic heterocycles. The molecule has 146 valence electrons. The summed E-state index contributed by atoms with van der Waals surface area (Å²) in [5, 5.41) is 2.49. The van der Waals surface area contributed by atoms with Crippen molar-refractivity contribution in [1.29, 1.82) is 0 Å². The zero-order chi connectivity index (χ0) is 20.3. The molecule has 0 unspecified atom stereocenters. The molecule has 1 amide bonds. The first kappa shape index (κ1) is 19.6. The van der Waals surface area contributed by atoms with Crippen LogP contribution in [0.25, 0.3) is 11.1 Å². The third-order valence-electron chi connectivity index (χ3n) is 3.98. The van der Waals surface area contributed by atoms with E-state index in [0.29, 0.717) is 11.1 Å². The lowest BCUT2D eigenvalue weighted by molar-refractivity contribution is -0.153. The summed E-state index contributed by atoms with van der Waals surface area (Å²) >= 11 is 5.85. The van der Waals surface area contributed by atoms with Crippen molar-refractivity contribution in [3.63, 3.8) is 0 Å². The topological polar surface area (TPSA) is 90.5 Å². The van der Waals surface area contributed by atoms with Gasteiger partial charge in [-0.25, -0.2) is 9.18 Å². The van der Waals surface area contributed by atoms with Crippen molar-refractivity contribution in [2.24, 2.45) is 0 Å². The molecular formula is C19H16ClFN2O5. The Morgan fingerprint density at radius 2 is 2.04 bits per heavy atom. The molecule has 0 spiro atoms. The Morgan fingerprint density at radius 1 is 1.29 bits per heavy atom. The van der Waals surface area contributed by atoms with E-state index in [1.54, 1.807) is 24.3 Å². The predicted octanol–water partition coefficient (Wildman–Crippen LogP) is 3.35. The normalized spacial score (nSPS) is 12.0. The van der Waals surface area contributed by atoms with Crippen molar-refractivity contribution in [1.82, 2.24) is 4.57 Å². The monoisotopic (exact) mass is 406 g/mol. The molecule has 0 aliphatic rings. The predicted molar refractivity (Wildman–Crippen MR) is 101 cm³/mol. The van der Waals surface area contributed by atoms with Crippen LogP contribution in [-0.4, -0.2) is 22.5 Å². The number of aromatic nitrogens is 1. The summed E-state index contributed by atoms with van der Waals surface area (Å²) in [4.78, 5) is 36.1. The minimum absolute atomic E-state index is 0.0260. The third-order valence-corrected chi connectivity index (χ3v) is 4.29. The summed E-state index contributed by atoms with van der Waals surface area (Å²) < 4.78 is 24.5. The van der Waals surface area contributed by atoms with Gasteiger partial charge in [-0.15, -0.1) is 0 Å². The fourth-order valence-corrected chi connectivity index (χ4v) is 2.78. The van der Waals surface area contributed by atoms with Crippen LogP contribution in [-0.2, 0) is 20.9 Å². The fraction of sp³-hybridized carbons (Fsp3) is 0.211. The molecule has 28 heavy (non-hydrogen) atoms. The van der Waals surface area contributed by atoms with Gasteiger partial charge in [-0.2, -0.15) is 0 Å². The van der Waals surface area contributed by atoms with Gasteiger partial charge in [0.2, 0.25) is 0 Å². The van der Waals surface area contributed by atoms with Crippen molar-refractivity contribution < 1.29 is 23.1 Å². The summed E-state index contributed by atoms with van der Waals surface area (Å²) in [7, 11) is 0. The Hall–Kier alpha value is -3.13. The van der Waals surface area contributed by atoms with Gasteiger partial charge in [-0.1, -0.05) is 23.7 Å². The highest BCUT2D eigenvalue weighted by atomic mass is 35.5. The standard InChI is InChI=1S/C19H16ClFN2O5/c1-11(18(25)22-14-7-6-12(21)10-13(14)20)27-17(24)8-9-23-15-4-2-3-5-16(15)28-19(23)26/h2-7,10-11H,8-9H2,1H3,(H,22,25)/t11-/m1/s1. The molecule has 1 N–H and O–H groups in total. The first-order valence-corrected chi connectivity index (χ1v) is 8.76. The van der Waals surface area contributed by atoms with Gasteiger partial charge in [0.15, 0.2) is 11.7 Å². The molecule has 0 aliphatic carbocycles. The summed E-state index contributed by atoms with van der Waals surface area (Å²) in [6.45, 7) is 1.44. The minimum atomic E-state index is -1.11. The van der Waals surface area contributed by atoms with Gasteiger partial charge in [0.25, 0.3) is 5.91 Å². The Bertz CT molecular complexity index is 1090. The van der Waals surface area contributed by atoms with Gasteiger partial charge in [-0.05, 0) is 37.3 Å². The molecular weight excluding hydrogens is 391 g/mol. The van der Waals surface area contributed by atoms with Crippen molar-refractivity contribution in [3.8, 4) is 0 Å². The van der Waals surface area contributed by atoms with Gasteiger partial charge in [0.05, 0.1) is 22.6 Å². The van der Waals surface area contributed by atoms with Crippen LogP contribution in [0.2, 0.25) is 5.02 Å². The number of nitrogens with one attached hydrogen (secondary N) is 1. The van der Waals surface area contributed by atoms with Crippen LogP contribution >= 0.6 is 11.6 Å². The number of para-hydroxylation sites is 2. The highest BCUT2D eigenvalue weighted by molar-refractivity contribution is 6.33. The SMILES string of the molecule is C[C@@H](OC(=O)CCn1c(=O)oc2ccccc21)C(=O)Nc1ccc(F)cc1Cl. The van der Waals surface area contributed by atoms with E-state index in [9.17, 15) is 18.8 Å². The number of nitrogens with zero attached hydrogens (tertiary/aromatic N) is 1. The highest BCUT2D eigenvalue weighted by Crippen LogP contribution is 2.22. The lowest BCUT2D eigenvalue weighted by Gasteiger charge is -2.14. The second kappa shape index (κ2) is 8.26. The maximum Gasteiger partial charge on any atom is 0.419 e. The van der Waals surface area contributed by atoms with E-state index in [4.69, 9.17) is 20.8 Å². The van der Waals surface area contributed by atoms with E-state index in [1.165, 1.54) is 17.6 Å². The Morgan fingerprint density at radius 3 is 2.79 bits per heavy atom. The number of carbonyl (C=O) groups excluding carboxylic acids is 2. The Labute approximate surface area is 163 Å². The smallest absolute Gasteiger partial charge is 0.419 e. The molecule has 7 nitrogen and oxygen atoms in total. The minimum Gasteiger partial charge on any atom is -0.452 e. The molecule has 9 heteroatoms. The van der Waals surface area contributed by atoms with E-state index < -0.39 is 29.6 Å². The lowest BCUT2D eigenvalue weighted by atomic mass is 10.3. The first-order valence-electron chi connectivity index (χ1n) is 8.39. The molecule has 0 fully saturated rings. The maximum atomic E-state index is 13.0. The van der Waals surface area contributed by atoms with E-state index in [2.05, 4.69) is 5.32 Å². The van der Waals surface area contributed by atoms with Crippen LogP contribution in [0.5, 0.6) is 0 Å². The average molecular weight is 407 g/mol. The number of halogens is 2. The van der Waals surface area contributed by atoms with Gasteiger partial charge in [0, 0.05) is 6.54 Å². The highest BCUT2D eigenvalue weighted by Gasteiger charge is 2.19. The molecule has 3 aromatic rings. The maximum absolute atomic E-state index is 13.0. The number of amides is 1. The molecule has 0 bridgehead atoms. The second-order valence-corrected chi connectivity index (χ2v) is 6.39. The fourth-order valence-electron chi connectivity index (χ4n) is 2.56. The number of benzene rings is 2. The van der Waals surface area contributed by atoms with Crippen LogP contribution in [0.1, 0.15) is 13.3 Å². The molecule has 2 aromatic carbocycles. The first-order chi connectivity index (χ1) is 13.3. The Kier molecular flexibility index (Phi) is 5.79. The zero-order valence-corrected chi connectivity index (χ0v) is 15.5. The number of esters is 1. The van der Waals surface area contributed by atoms with Crippen molar-refractivity contribution >= 4 is 40.3 Å². The van der Waals surface area contributed by atoms with Crippen LogP contribution in [0.3, 0.4) is 0 Å². The van der Waals surface area contributed by atoms with Crippen LogP contribution < -0.4 is 11.1 Å². The van der Waals surface area contributed by atoms with E-state index in [0.717, 1.165) is 12.1 Å².